The quantitative estimate of drug-likeness (QED) is 0.127. The first-order valence-electron chi connectivity index (χ1n) is 17.2. The van der Waals surface area contributed by atoms with Gasteiger partial charge >= 0.3 is 13.7 Å². The number of carbonyl (C=O) groups excluding carboxylic acids is 3. The zero-order valence-corrected chi connectivity index (χ0v) is 31.3. The van der Waals surface area contributed by atoms with Crippen LogP contribution in [-0.2, 0) is 18.9 Å². The summed E-state index contributed by atoms with van der Waals surface area (Å²) in [7, 11) is -3.13. The Bertz CT molecular complexity index is 1920. The molecule has 2 saturated carbocycles. The third kappa shape index (κ3) is 7.78. The molecule has 1 aliphatic heterocycles. The lowest BCUT2D eigenvalue weighted by Gasteiger charge is -2.35. The Kier molecular flexibility index (Phi) is 10.6. The second-order valence-electron chi connectivity index (χ2n) is 14.7. The molecule has 6 rings (SSSR count). The number of likely N-dealkylation sites (tertiary alicyclic amines) is 1. The van der Waals surface area contributed by atoms with Crippen LogP contribution in [0.5, 0.6) is 11.5 Å². The molecule has 3 fully saturated rings. The Balaban J connectivity index is 1.32. The number of thiazole rings is 1. The standard InChI is InChI=1S/C36H44N5O9PS/c1-6-21-16-36(21,51(45,46)47)19-37-32(42)29-14-24(17-41(29)33(43)31(35(2,3)4)40-34(44)50-22-9-7-8-10-22)49-30-15-27(28-18-52-20-38-28)39-26-13-23(48-5)11-12-25(26)30/h6,11-13,15,18-22,24,29,31H,1,7-10,14,16-17H2,2-5H3,(H,40,44)(H2,45,46,47)/t21-,24-,29+,31-,36-/m1/s1. The van der Waals surface area contributed by atoms with Crippen molar-refractivity contribution in [1.29, 1.82) is 0 Å². The number of methoxy groups -OCH3 is 1. The maximum absolute atomic E-state index is 14.5. The van der Waals surface area contributed by atoms with E-state index in [4.69, 9.17) is 19.2 Å². The lowest BCUT2D eigenvalue weighted by Crippen LogP contribution is -2.57. The molecule has 0 bridgehead atoms. The van der Waals surface area contributed by atoms with Gasteiger partial charge in [-0.2, -0.15) is 0 Å². The Morgan fingerprint density at radius 2 is 1.92 bits per heavy atom. The van der Waals surface area contributed by atoms with E-state index in [9.17, 15) is 28.7 Å². The van der Waals surface area contributed by atoms with Crippen LogP contribution in [0.4, 0.5) is 4.79 Å². The summed E-state index contributed by atoms with van der Waals surface area (Å²) in [5.74, 6) is -0.813. The summed E-state index contributed by atoms with van der Waals surface area (Å²) in [6.45, 7) is 9.01. The molecule has 2 aromatic heterocycles. The molecule has 1 aromatic carbocycles. The molecule has 0 spiro atoms. The fraction of sp³-hybridized carbons (Fsp3) is 0.500. The summed E-state index contributed by atoms with van der Waals surface area (Å²) in [5, 5.41) is 3.66. The fourth-order valence-electron chi connectivity index (χ4n) is 6.94. The molecule has 3 heterocycles. The zero-order valence-electron chi connectivity index (χ0n) is 29.6. The SMILES string of the molecule is C=C[C@@H]1C[C@]1(C=NC(=O)[C@@H]1C[C@@H](Oc2cc(-c3cscn3)nc3cc(OC)ccc23)CN1C(=O)[C@@H](NC(=O)OC1CCCC1)C(C)(C)C)P(=O)(O)O. The smallest absolute Gasteiger partial charge is 0.408 e. The first kappa shape index (κ1) is 37.6. The Morgan fingerprint density at radius 1 is 1.17 bits per heavy atom. The number of carbonyl (C=O) groups is 3. The Morgan fingerprint density at radius 3 is 2.54 bits per heavy atom. The summed E-state index contributed by atoms with van der Waals surface area (Å²) in [6.07, 6.45) is 4.34. The molecule has 0 unspecified atom stereocenters. The predicted octanol–water partition coefficient (Wildman–Crippen LogP) is 5.52. The first-order valence-corrected chi connectivity index (χ1v) is 19.8. The van der Waals surface area contributed by atoms with Crippen LogP contribution in [0.3, 0.4) is 0 Å². The van der Waals surface area contributed by atoms with Gasteiger partial charge in [-0.25, -0.2) is 19.8 Å². The van der Waals surface area contributed by atoms with Crippen LogP contribution in [-0.4, -0.2) is 91.9 Å². The van der Waals surface area contributed by atoms with Gasteiger partial charge in [-0.05, 0) is 49.7 Å². The molecule has 14 nitrogen and oxygen atoms in total. The topological polar surface area (TPSA) is 190 Å². The molecule has 1 saturated heterocycles. The van der Waals surface area contributed by atoms with Crippen LogP contribution in [0.15, 0.2) is 52.8 Å². The summed E-state index contributed by atoms with van der Waals surface area (Å²) in [6, 6.07) is 4.88. The number of aliphatic imine (C=N–C) groups is 1. The Labute approximate surface area is 305 Å². The normalized spacial score (nSPS) is 24.2. The van der Waals surface area contributed by atoms with E-state index >= 15 is 0 Å². The summed E-state index contributed by atoms with van der Waals surface area (Å²) in [4.78, 5) is 76.2. The minimum atomic E-state index is -4.69. The average molecular weight is 754 g/mol. The zero-order chi connectivity index (χ0) is 37.4. The van der Waals surface area contributed by atoms with Gasteiger partial charge in [-0.1, -0.05) is 26.8 Å². The molecule has 278 valence electrons. The second kappa shape index (κ2) is 14.7. The number of ether oxygens (including phenoxy) is 3. The maximum Gasteiger partial charge on any atom is 0.408 e. The summed E-state index contributed by atoms with van der Waals surface area (Å²) >= 11 is 1.42. The number of benzene rings is 1. The van der Waals surface area contributed by atoms with E-state index in [1.54, 1.807) is 51.6 Å². The van der Waals surface area contributed by atoms with Crippen LogP contribution in [0.1, 0.15) is 59.3 Å². The van der Waals surface area contributed by atoms with Crippen molar-refractivity contribution in [2.75, 3.05) is 13.7 Å². The molecule has 3 aromatic rings. The van der Waals surface area contributed by atoms with Crippen molar-refractivity contribution < 1.29 is 42.9 Å². The lowest BCUT2D eigenvalue weighted by molar-refractivity contribution is -0.141. The fourth-order valence-corrected chi connectivity index (χ4v) is 8.66. The highest BCUT2D eigenvalue weighted by molar-refractivity contribution is 7.55. The lowest BCUT2D eigenvalue weighted by atomic mass is 9.85. The number of fused-ring (bicyclic) bond motifs is 1. The summed E-state index contributed by atoms with van der Waals surface area (Å²) in [5.41, 5.74) is 2.70. The van der Waals surface area contributed by atoms with E-state index in [1.807, 2.05) is 11.4 Å². The number of pyridine rings is 1. The van der Waals surface area contributed by atoms with Crippen LogP contribution in [0.2, 0.25) is 0 Å². The molecule has 5 atom stereocenters. The number of aromatic nitrogens is 2. The molecule has 3 amide bonds. The number of alkyl carbamates (subject to hydrolysis) is 1. The molecular weight excluding hydrogens is 709 g/mol. The van der Waals surface area contributed by atoms with Gasteiger partial charge in [0.05, 0.1) is 36.1 Å². The number of nitrogens with zero attached hydrogens (tertiary/aromatic N) is 4. The Hall–Kier alpha value is -4.17. The third-order valence-electron chi connectivity index (χ3n) is 10.0. The van der Waals surface area contributed by atoms with Crippen molar-refractivity contribution >= 4 is 54.0 Å². The largest absolute Gasteiger partial charge is 0.497 e. The predicted molar refractivity (Wildman–Crippen MR) is 196 cm³/mol. The van der Waals surface area contributed by atoms with Crippen LogP contribution < -0.4 is 14.8 Å². The number of hydrogen-bond donors (Lipinski definition) is 3. The number of nitrogens with one attached hydrogen (secondary N) is 1. The van der Waals surface area contributed by atoms with Gasteiger partial charge < -0.3 is 34.2 Å². The van der Waals surface area contributed by atoms with E-state index in [2.05, 4.69) is 21.9 Å². The van der Waals surface area contributed by atoms with Crippen LogP contribution in [0, 0.1) is 11.3 Å². The number of hydrogen-bond acceptors (Lipinski definition) is 10. The van der Waals surface area contributed by atoms with Crippen molar-refractivity contribution in [2.45, 2.75) is 88.7 Å². The van der Waals surface area contributed by atoms with Gasteiger partial charge in [-0.3, -0.25) is 14.2 Å². The van der Waals surface area contributed by atoms with Gasteiger partial charge in [0.2, 0.25) is 5.91 Å². The van der Waals surface area contributed by atoms with Crippen LogP contribution in [0.25, 0.3) is 22.3 Å². The van der Waals surface area contributed by atoms with Crippen molar-refractivity contribution in [3.63, 3.8) is 0 Å². The minimum absolute atomic E-state index is 0.0189. The van der Waals surface area contributed by atoms with E-state index in [0.717, 1.165) is 31.9 Å². The highest BCUT2D eigenvalue weighted by Crippen LogP contribution is 2.67. The first-order chi connectivity index (χ1) is 24.6. The molecule has 0 radical (unpaired) electrons. The van der Waals surface area contributed by atoms with E-state index in [-0.39, 0.29) is 25.5 Å². The molecular formula is C36H44N5O9PS. The number of amides is 3. The van der Waals surface area contributed by atoms with Gasteiger partial charge in [-0.15, -0.1) is 17.9 Å². The maximum atomic E-state index is 14.5. The van der Waals surface area contributed by atoms with E-state index in [0.29, 0.717) is 33.8 Å². The van der Waals surface area contributed by atoms with Crippen molar-refractivity contribution in [3.05, 3.63) is 47.8 Å². The minimum Gasteiger partial charge on any atom is -0.497 e. The van der Waals surface area contributed by atoms with Crippen molar-refractivity contribution in [2.24, 2.45) is 16.3 Å². The molecule has 3 aliphatic rings. The number of allylic oxidation sites excluding steroid dienone is 1. The van der Waals surface area contributed by atoms with Crippen molar-refractivity contribution in [3.8, 4) is 22.9 Å². The third-order valence-corrected chi connectivity index (χ3v) is 12.3. The summed E-state index contributed by atoms with van der Waals surface area (Å²) < 4.78 is 30.1. The van der Waals surface area contributed by atoms with Crippen molar-refractivity contribution in [1.82, 2.24) is 20.2 Å². The highest BCUT2D eigenvalue weighted by atomic mass is 32.1. The van der Waals surface area contributed by atoms with Gasteiger partial charge in [0.1, 0.15) is 40.9 Å². The highest BCUT2D eigenvalue weighted by Gasteiger charge is 2.64. The second-order valence-corrected chi connectivity index (χ2v) is 17.3. The van der Waals surface area contributed by atoms with E-state index in [1.165, 1.54) is 22.3 Å². The monoisotopic (exact) mass is 753 g/mol. The van der Waals surface area contributed by atoms with Gasteiger partial charge in [0, 0.05) is 41.5 Å². The van der Waals surface area contributed by atoms with Gasteiger partial charge in [0.15, 0.2) is 0 Å². The number of rotatable bonds is 11. The molecule has 2 aliphatic carbocycles. The van der Waals surface area contributed by atoms with Crippen LogP contribution >= 0.6 is 18.9 Å². The average Bonchev–Trinajstić information content (AvgIpc) is 3.54. The van der Waals surface area contributed by atoms with Gasteiger partial charge in [0.25, 0.3) is 5.91 Å². The molecule has 16 heteroatoms. The molecule has 52 heavy (non-hydrogen) atoms. The van der Waals surface area contributed by atoms with E-state index < -0.39 is 60.2 Å². The molecule has 3 N–H and O–H groups in total.